The third kappa shape index (κ3) is 2.23. The SMILES string of the molecule is CCCc1nn(C)c2c1nc(N)n2CC(C)(C)C(N)=O. The van der Waals surface area contributed by atoms with Gasteiger partial charge in [0, 0.05) is 13.6 Å². The van der Waals surface area contributed by atoms with Gasteiger partial charge in [0.2, 0.25) is 11.9 Å². The number of hydrogen-bond acceptors (Lipinski definition) is 4. The summed E-state index contributed by atoms with van der Waals surface area (Å²) in [4.78, 5) is 15.9. The molecule has 0 aliphatic heterocycles. The summed E-state index contributed by atoms with van der Waals surface area (Å²) in [6.07, 6.45) is 1.85. The number of amides is 1. The van der Waals surface area contributed by atoms with Crippen LogP contribution in [0.4, 0.5) is 5.95 Å². The molecule has 0 radical (unpaired) electrons. The molecule has 1 amide bonds. The minimum atomic E-state index is -0.697. The molecule has 0 unspecified atom stereocenters. The fourth-order valence-electron chi connectivity index (χ4n) is 2.29. The van der Waals surface area contributed by atoms with E-state index in [1.165, 1.54) is 0 Å². The third-order valence-electron chi connectivity index (χ3n) is 3.53. The number of carbonyl (C=O) groups excluding carboxylic acids is 1. The fraction of sp³-hybridized carbons (Fsp3) is 0.615. The number of nitrogens with two attached hydrogens (primary N) is 2. The summed E-state index contributed by atoms with van der Waals surface area (Å²) >= 11 is 0. The van der Waals surface area contributed by atoms with Crippen LogP contribution in [0.15, 0.2) is 0 Å². The van der Waals surface area contributed by atoms with Crippen molar-refractivity contribution in [3.63, 3.8) is 0 Å². The average molecular weight is 278 g/mol. The summed E-state index contributed by atoms with van der Waals surface area (Å²) in [6, 6.07) is 0. The summed E-state index contributed by atoms with van der Waals surface area (Å²) in [6.45, 7) is 6.07. The minimum Gasteiger partial charge on any atom is -0.369 e. The number of aromatic nitrogens is 4. The Hall–Kier alpha value is -2.05. The molecule has 0 aliphatic carbocycles. The number of nitrogens with zero attached hydrogens (tertiary/aromatic N) is 4. The van der Waals surface area contributed by atoms with Crippen LogP contribution < -0.4 is 11.5 Å². The lowest BCUT2D eigenvalue weighted by Crippen LogP contribution is -2.35. The highest BCUT2D eigenvalue weighted by atomic mass is 16.1. The molecule has 2 aromatic rings. The number of hydrogen-bond donors (Lipinski definition) is 2. The fourth-order valence-corrected chi connectivity index (χ4v) is 2.29. The second kappa shape index (κ2) is 4.81. The van der Waals surface area contributed by atoms with E-state index in [0.29, 0.717) is 12.5 Å². The van der Waals surface area contributed by atoms with E-state index in [1.54, 1.807) is 18.5 Å². The van der Waals surface area contributed by atoms with E-state index in [9.17, 15) is 4.79 Å². The Morgan fingerprint density at radius 3 is 2.60 bits per heavy atom. The van der Waals surface area contributed by atoms with Gasteiger partial charge in [-0.2, -0.15) is 5.10 Å². The maximum Gasteiger partial charge on any atom is 0.224 e. The summed E-state index contributed by atoms with van der Waals surface area (Å²) < 4.78 is 3.58. The van der Waals surface area contributed by atoms with Crippen molar-refractivity contribution in [3.8, 4) is 0 Å². The van der Waals surface area contributed by atoms with Crippen LogP contribution in [0.1, 0.15) is 32.9 Å². The summed E-state index contributed by atoms with van der Waals surface area (Å²) in [7, 11) is 1.86. The lowest BCUT2D eigenvalue weighted by Gasteiger charge is -2.21. The first-order chi connectivity index (χ1) is 9.27. The predicted molar refractivity (Wildman–Crippen MR) is 77.9 cm³/mol. The van der Waals surface area contributed by atoms with Crippen molar-refractivity contribution in [1.29, 1.82) is 0 Å². The Morgan fingerprint density at radius 2 is 2.05 bits per heavy atom. The van der Waals surface area contributed by atoms with Gasteiger partial charge in [-0.05, 0) is 20.3 Å². The van der Waals surface area contributed by atoms with E-state index in [-0.39, 0.29) is 5.91 Å². The van der Waals surface area contributed by atoms with Crippen molar-refractivity contribution in [2.75, 3.05) is 5.73 Å². The maximum absolute atomic E-state index is 11.5. The molecular weight excluding hydrogens is 256 g/mol. The highest BCUT2D eigenvalue weighted by Gasteiger charge is 2.28. The Bertz CT molecular complexity index is 651. The van der Waals surface area contributed by atoms with Crippen molar-refractivity contribution in [1.82, 2.24) is 19.3 Å². The molecule has 0 fully saturated rings. The zero-order valence-corrected chi connectivity index (χ0v) is 12.5. The van der Waals surface area contributed by atoms with Gasteiger partial charge in [-0.25, -0.2) is 4.98 Å². The van der Waals surface area contributed by atoms with Gasteiger partial charge in [-0.1, -0.05) is 13.3 Å². The topological polar surface area (TPSA) is 105 Å². The molecule has 2 heterocycles. The second-order valence-electron chi connectivity index (χ2n) is 5.80. The van der Waals surface area contributed by atoms with Crippen LogP contribution in [0.3, 0.4) is 0 Å². The summed E-state index contributed by atoms with van der Waals surface area (Å²) in [5.74, 6) is 0.0226. The van der Waals surface area contributed by atoms with Crippen LogP contribution in [0.2, 0.25) is 0 Å². The van der Waals surface area contributed by atoms with Gasteiger partial charge in [0.1, 0.15) is 5.52 Å². The second-order valence-corrected chi connectivity index (χ2v) is 5.80. The predicted octanol–water partition coefficient (Wildman–Crippen LogP) is 0.816. The Kier molecular flexibility index (Phi) is 3.45. The molecule has 0 aliphatic rings. The van der Waals surface area contributed by atoms with Crippen molar-refractivity contribution >= 4 is 23.0 Å². The molecule has 0 bridgehead atoms. The lowest BCUT2D eigenvalue weighted by molar-refractivity contribution is -0.126. The van der Waals surface area contributed by atoms with Crippen molar-refractivity contribution in [3.05, 3.63) is 5.69 Å². The molecule has 0 aromatic carbocycles. The number of anilines is 1. The number of fused-ring (bicyclic) bond motifs is 1. The van der Waals surface area contributed by atoms with Crippen molar-refractivity contribution < 1.29 is 4.79 Å². The molecule has 2 aromatic heterocycles. The van der Waals surface area contributed by atoms with E-state index in [0.717, 1.165) is 29.7 Å². The summed E-state index contributed by atoms with van der Waals surface area (Å²) in [5.41, 5.74) is 13.3. The smallest absolute Gasteiger partial charge is 0.224 e. The highest BCUT2D eigenvalue weighted by molar-refractivity contribution is 5.81. The zero-order chi connectivity index (χ0) is 15.1. The van der Waals surface area contributed by atoms with Crippen molar-refractivity contribution in [2.24, 2.45) is 18.2 Å². The van der Waals surface area contributed by atoms with Gasteiger partial charge in [0.15, 0.2) is 5.65 Å². The van der Waals surface area contributed by atoms with Gasteiger partial charge >= 0.3 is 0 Å². The maximum atomic E-state index is 11.5. The average Bonchev–Trinajstić information content (AvgIpc) is 2.80. The largest absolute Gasteiger partial charge is 0.369 e. The normalized spacial score (nSPS) is 12.2. The Labute approximate surface area is 117 Å². The van der Waals surface area contributed by atoms with E-state index in [1.807, 2.05) is 11.6 Å². The van der Waals surface area contributed by atoms with Gasteiger partial charge in [0.05, 0.1) is 11.1 Å². The number of nitrogen functional groups attached to an aromatic ring is 1. The van der Waals surface area contributed by atoms with Crippen LogP contribution >= 0.6 is 0 Å². The third-order valence-corrected chi connectivity index (χ3v) is 3.53. The zero-order valence-electron chi connectivity index (χ0n) is 12.5. The Balaban J connectivity index is 2.54. The molecule has 110 valence electrons. The number of aryl methyl sites for hydroxylation is 2. The standard InChI is InChI=1S/C13H22N6O/c1-5-6-8-9-10(18(4)17-8)19(12(15)16-9)7-13(2,3)11(14)20/h5-7H2,1-4H3,(H2,14,20)(H2,15,16). The summed E-state index contributed by atoms with van der Waals surface area (Å²) in [5, 5.41) is 4.48. The first kappa shape index (κ1) is 14.4. The molecule has 0 spiro atoms. The molecule has 0 atom stereocenters. The molecule has 0 saturated heterocycles. The van der Waals surface area contributed by atoms with Gasteiger partial charge < -0.3 is 11.5 Å². The first-order valence-corrected chi connectivity index (χ1v) is 6.75. The van der Waals surface area contributed by atoms with Gasteiger partial charge in [0.25, 0.3) is 0 Å². The van der Waals surface area contributed by atoms with E-state index >= 15 is 0 Å². The van der Waals surface area contributed by atoms with E-state index in [4.69, 9.17) is 11.5 Å². The van der Waals surface area contributed by atoms with Crippen LogP contribution in [0.5, 0.6) is 0 Å². The quantitative estimate of drug-likeness (QED) is 0.844. The molecule has 0 saturated carbocycles. The number of rotatable bonds is 5. The minimum absolute atomic E-state index is 0.366. The molecule has 20 heavy (non-hydrogen) atoms. The number of primary amides is 1. The number of carbonyl (C=O) groups is 1. The molecule has 2 rings (SSSR count). The molecule has 4 N–H and O–H groups in total. The van der Waals surface area contributed by atoms with E-state index < -0.39 is 5.41 Å². The number of imidazole rings is 1. The van der Waals surface area contributed by atoms with Crippen LogP contribution in [0, 0.1) is 5.41 Å². The van der Waals surface area contributed by atoms with E-state index in [2.05, 4.69) is 17.0 Å². The van der Waals surface area contributed by atoms with Crippen LogP contribution in [0.25, 0.3) is 11.2 Å². The lowest BCUT2D eigenvalue weighted by atomic mass is 9.92. The Morgan fingerprint density at radius 1 is 1.40 bits per heavy atom. The van der Waals surface area contributed by atoms with Gasteiger partial charge in [-0.3, -0.25) is 14.0 Å². The molecule has 7 nitrogen and oxygen atoms in total. The molecular formula is C13H22N6O. The van der Waals surface area contributed by atoms with Gasteiger partial charge in [-0.15, -0.1) is 0 Å². The monoisotopic (exact) mass is 278 g/mol. The highest BCUT2D eigenvalue weighted by Crippen LogP contribution is 2.26. The molecule has 7 heteroatoms. The first-order valence-electron chi connectivity index (χ1n) is 6.75. The van der Waals surface area contributed by atoms with Crippen molar-refractivity contribution in [2.45, 2.75) is 40.2 Å². The van der Waals surface area contributed by atoms with Crippen LogP contribution in [-0.4, -0.2) is 25.2 Å². The van der Waals surface area contributed by atoms with Crippen LogP contribution in [-0.2, 0) is 24.8 Å².